The molecule has 2 aromatic rings. The SMILES string of the molecule is CN(Cc1ccc(F)cc1F)C(=O)c1ccc(Br)cc1NS(=O)C1=CC=CC2=NSNC12. The summed E-state index contributed by atoms with van der Waals surface area (Å²) in [5.74, 6) is -1.82. The zero-order valence-corrected chi connectivity index (χ0v) is 19.9. The van der Waals surface area contributed by atoms with E-state index in [1.807, 2.05) is 6.08 Å². The molecule has 0 aromatic heterocycles. The molecule has 0 bridgehead atoms. The van der Waals surface area contributed by atoms with Crippen molar-refractivity contribution in [2.24, 2.45) is 4.40 Å². The lowest BCUT2D eigenvalue weighted by atomic mass is 10.1. The van der Waals surface area contributed by atoms with E-state index in [0.29, 0.717) is 15.1 Å². The lowest BCUT2D eigenvalue weighted by Gasteiger charge is -2.22. The Morgan fingerprint density at radius 1 is 1.31 bits per heavy atom. The van der Waals surface area contributed by atoms with E-state index in [2.05, 4.69) is 29.8 Å². The maximum atomic E-state index is 14.0. The molecule has 0 saturated heterocycles. The molecule has 1 aliphatic carbocycles. The van der Waals surface area contributed by atoms with Crippen molar-refractivity contribution in [3.05, 3.63) is 86.8 Å². The summed E-state index contributed by atoms with van der Waals surface area (Å²) in [5.41, 5.74) is 1.58. The maximum absolute atomic E-state index is 14.0. The summed E-state index contributed by atoms with van der Waals surface area (Å²) in [5, 5.41) is 0. The second kappa shape index (κ2) is 9.65. The number of hydrogen-bond acceptors (Lipinski definition) is 5. The third-order valence-electron chi connectivity index (χ3n) is 4.83. The Morgan fingerprint density at radius 2 is 2.12 bits per heavy atom. The molecular weight excluding hydrogens is 522 g/mol. The Kier molecular flexibility index (Phi) is 6.89. The van der Waals surface area contributed by atoms with Crippen molar-refractivity contribution in [2.75, 3.05) is 11.8 Å². The van der Waals surface area contributed by atoms with Crippen molar-refractivity contribution in [1.82, 2.24) is 9.62 Å². The van der Waals surface area contributed by atoms with Crippen LogP contribution in [-0.4, -0.2) is 33.8 Å². The van der Waals surface area contributed by atoms with Crippen molar-refractivity contribution in [2.45, 2.75) is 12.6 Å². The van der Waals surface area contributed by atoms with Crippen molar-refractivity contribution in [1.29, 1.82) is 0 Å². The summed E-state index contributed by atoms with van der Waals surface area (Å²) in [7, 11) is -0.132. The summed E-state index contributed by atoms with van der Waals surface area (Å²) in [6.45, 7) is -0.0530. The second-order valence-electron chi connectivity index (χ2n) is 7.04. The molecule has 1 aliphatic heterocycles. The molecule has 1 amide bonds. The number of halogens is 3. The van der Waals surface area contributed by atoms with Crippen LogP contribution in [0.4, 0.5) is 14.5 Å². The molecule has 4 rings (SSSR count). The topological polar surface area (TPSA) is 73.8 Å². The monoisotopic (exact) mass is 538 g/mol. The normalized spacial score (nSPS) is 17.9. The second-order valence-corrected chi connectivity index (χ2v) is 9.77. The fraction of sp³-hybridized carbons (Fsp3) is 0.143. The minimum absolute atomic E-state index is 0.0530. The van der Waals surface area contributed by atoms with Crippen LogP contribution >= 0.6 is 28.1 Å². The Labute approximate surface area is 198 Å². The van der Waals surface area contributed by atoms with Crippen LogP contribution in [0.2, 0.25) is 0 Å². The average molecular weight is 539 g/mol. The zero-order valence-electron chi connectivity index (χ0n) is 16.6. The van der Waals surface area contributed by atoms with Crippen molar-refractivity contribution >= 4 is 56.4 Å². The van der Waals surface area contributed by atoms with E-state index in [9.17, 15) is 17.8 Å². The van der Waals surface area contributed by atoms with Gasteiger partial charge in [0.1, 0.15) is 22.6 Å². The van der Waals surface area contributed by atoms with Gasteiger partial charge in [-0.25, -0.2) is 22.1 Å². The number of nitrogens with one attached hydrogen (secondary N) is 2. The summed E-state index contributed by atoms with van der Waals surface area (Å²) < 4.78 is 51.2. The highest BCUT2D eigenvalue weighted by atomic mass is 79.9. The third kappa shape index (κ3) is 4.85. The van der Waals surface area contributed by atoms with Gasteiger partial charge in [-0.05, 0) is 36.4 Å². The average Bonchev–Trinajstić information content (AvgIpc) is 3.24. The third-order valence-corrected chi connectivity index (χ3v) is 7.17. The fourth-order valence-corrected chi connectivity index (χ4v) is 5.41. The molecule has 2 N–H and O–H groups in total. The number of carbonyl (C=O) groups is 1. The molecule has 166 valence electrons. The molecule has 6 nitrogen and oxygen atoms in total. The van der Waals surface area contributed by atoms with Gasteiger partial charge in [0.25, 0.3) is 5.91 Å². The van der Waals surface area contributed by atoms with Gasteiger partial charge in [-0.3, -0.25) is 4.79 Å². The number of amides is 1. The standard InChI is InChI=1S/C21H17BrF2N4O2S2/c1-28(11-12-5-7-14(23)10-16(12)24)21(29)15-8-6-13(22)9-18(15)27-32(30)19-4-2-3-17-20(19)26-31-25-17/h2-10,20,26-27H,11H2,1H3. The molecule has 32 heavy (non-hydrogen) atoms. The van der Waals surface area contributed by atoms with E-state index < -0.39 is 28.5 Å². The van der Waals surface area contributed by atoms with E-state index in [1.165, 1.54) is 30.1 Å². The van der Waals surface area contributed by atoms with Gasteiger partial charge in [0.05, 0.1) is 40.0 Å². The molecule has 0 fully saturated rings. The summed E-state index contributed by atoms with van der Waals surface area (Å²) in [6.07, 6.45) is 5.36. The van der Waals surface area contributed by atoms with E-state index in [0.717, 1.165) is 17.8 Å². The molecule has 2 atom stereocenters. The van der Waals surface area contributed by atoms with Gasteiger partial charge in [0, 0.05) is 29.7 Å². The molecule has 0 spiro atoms. The molecule has 1 heterocycles. The van der Waals surface area contributed by atoms with Crippen LogP contribution in [0.3, 0.4) is 0 Å². The van der Waals surface area contributed by atoms with Gasteiger partial charge in [-0.1, -0.05) is 28.1 Å². The number of nitrogens with zero attached hydrogens (tertiary/aromatic N) is 2. The lowest BCUT2D eigenvalue weighted by Crippen LogP contribution is -2.34. The van der Waals surface area contributed by atoms with Gasteiger partial charge in [-0.2, -0.15) is 0 Å². The summed E-state index contributed by atoms with van der Waals surface area (Å²) in [4.78, 5) is 15.0. The predicted octanol–water partition coefficient (Wildman–Crippen LogP) is 4.50. The number of rotatable bonds is 6. The Hall–Kier alpha value is -2.34. The largest absolute Gasteiger partial charge is 0.337 e. The van der Waals surface area contributed by atoms with Crippen LogP contribution in [-0.2, 0) is 17.5 Å². The van der Waals surface area contributed by atoms with Crippen LogP contribution in [0.1, 0.15) is 15.9 Å². The molecule has 2 unspecified atom stereocenters. The van der Waals surface area contributed by atoms with Gasteiger partial charge in [0.15, 0.2) is 0 Å². The van der Waals surface area contributed by atoms with Gasteiger partial charge < -0.3 is 9.62 Å². The van der Waals surface area contributed by atoms with E-state index in [4.69, 9.17) is 0 Å². The van der Waals surface area contributed by atoms with E-state index in [1.54, 1.807) is 30.4 Å². The molecule has 0 saturated carbocycles. The smallest absolute Gasteiger partial charge is 0.256 e. The minimum Gasteiger partial charge on any atom is -0.337 e. The predicted molar refractivity (Wildman–Crippen MR) is 127 cm³/mol. The lowest BCUT2D eigenvalue weighted by molar-refractivity contribution is 0.0785. The highest BCUT2D eigenvalue weighted by Crippen LogP contribution is 2.28. The summed E-state index contributed by atoms with van der Waals surface area (Å²) in [6, 6.07) is 7.88. The Balaban J connectivity index is 1.55. The van der Waals surface area contributed by atoms with Crippen molar-refractivity contribution in [3.8, 4) is 0 Å². The van der Waals surface area contributed by atoms with E-state index >= 15 is 0 Å². The van der Waals surface area contributed by atoms with Crippen molar-refractivity contribution in [3.63, 3.8) is 0 Å². The van der Waals surface area contributed by atoms with Crippen LogP contribution in [0.25, 0.3) is 0 Å². The number of anilines is 1. The zero-order chi connectivity index (χ0) is 22.8. The first kappa shape index (κ1) is 22.8. The molecule has 0 radical (unpaired) electrons. The molecule has 2 aromatic carbocycles. The Bertz CT molecular complexity index is 1200. The maximum Gasteiger partial charge on any atom is 0.256 e. The quantitative estimate of drug-likeness (QED) is 0.531. The van der Waals surface area contributed by atoms with Crippen LogP contribution < -0.4 is 9.44 Å². The number of fused-ring (bicyclic) bond motifs is 1. The fourth-order valence-electron chi connectivity index (χ4n) is 3.21. The van der Waals surface area contributed by atoms with E-state index in [-0.39, 0.29) is 23.7 Å². The number of hydrogen-bond donors (Lipinski definition) is 2. The molecule has 2 aliphatic rings. The van der Waals surface area contributed by atoms with Gasteiger partial charge >= 0.3 is 0 Å². The highest BCUT2D eigenvalue weighted by Gasteiger charge is 2.30. The number of carbonyl (C=O) groups excluding carboxylic acids is 1. The van der Waals surface area contributed by atoms with Crippen LogP contribution in [0.15, 0.2) is 68.4 Å². The summed E-state index contributed by atoms with van der Waals surface area (Å²) >= 11 is 4.56. The van der Waals surface area contributed by atoms with Crippen molar-refractivity contribution < 1.29 is 17.8 Å². The highest BCUT2D eigenvalue weighted by molar-refractivity contribution is 9.10. The first-order valence-corrected chi connectivity index (χ1v) is 12.1. The Morgan fingerprint density at radius 3 is 2.91 bits per heavy atom. The molecular formula is C21H17BrF2N4O2S2. The minimum atomic E-state index is -1.65. The van der Waals surface area contributed by atoms with Crippen LogP contribution in [0, 0.1) is 11.6 Å². The number of benzene rings is 2. The first-order chi connectivity index (χ1) is 15.3. The molecule has 11 heteroatoms. The van der Waals surface area contributed by atoms with Gasteiger partial charge in [0.2, 0.25) is 0 Å². The number of allylic oxidation sites excluding steroid dienone is 2. The van der Waals surface area contributed by atoms with Gasteiger partial charge in [-0.15, -0.1) is 0 Å². The van der Waals surface area contributed by atoms with Crippen LogP contribution in [0.5, 0.6) is 0 Å². The first-order valence-electron chi connectivity index (χ1n) is 9.38.